The number of thioether (sulfide) groups is 1. The van der Waals surface area contributed by atoms with Crippen molar-refractivity contribution in [1.29, 1.82) is 0 Å². The van der Waals surface area contributed by atoms with Gasteiger partial charge in [-0.1, -0.05) is 56.3 Å². The van der Waals surface area contributed by atoms with E-state index in [9.17, 15) is 4.79 Å². The lowest BCUT2D eigenvalue weighted by Crippen LogP contribution is -2.33. The van der Waals surface area contributed by atoms with Crippen molar-refractivity contribution in [2.45, 2.75) is 42.8 Å². The first-order chi connectivity index (χ1) is 11.1. The van der Waals surface area contributed by atoms with Crippen LogP contribution in [0.5, 0.6) is 0 Å². The third-order valence-corrected chi connectivity index (χ3v) is 5.63. The minimum atomic E-state index is 0.225. The predicted octanol–water partition coefficient (Wildman–Crippen LogP) is 5.10. The Morgan fingerprint density at radius 2 is 1.87 bits per heavy atom. The van der Waals surface area contributed by atoms with Crippen molar-refractivity contribution >= 4 is 23.4 Å². The van der Waals surface area contributed by atoms with Gasteiger partial charge in [0, 0.05) is 23.1 Å². The molecule has 2 atom stereocenters. The molecule has 0 aliphatic carbocycles. The van der Waals surface area contributed by atoms with Gasteiger partial charge < -0.3 is 4.90 Å². The molecule has 1 aliphatic heterocycles. The van der Waals surface area contributed by atoms with Crippen LogP contribution in [0.1, 0.15) is 38.2 Å². The Morgan fingerprint density at radius 1 is 1.17 bits per heavy atom. The van der Waals surface area contributed by atoms with Crippen LogP contribution in [0.3, 0.4) is 0 Å². The van der Waals surface area contributed by atoms with Crippen LogP contribution in [0.15, 0.2) is 59.5 Å². The Bertz CT molecular complexity index is 670. The number of carbonyl (C=O) groups excluding carboxylic acids is 1. The van der Waals surface area contributed by atoms with Crippen molar-refractivity contribution in [1.82, 2.24) is 0 Å². The van der Waals surface area contributed by atoms with Crippen LogP contribution in [-0.2, 0) is 4.79 Å². The zero-order valence-electron chi connectivity index (χ0n) is 13.7. The van der Waals surface area contributed by atoms with Crippen LogP contribution in [0.4, 0.5) is 5.69 Å². The average molecular weight is 325 g/mol. The lowest BCUT2D eigenvalue weighted by Gasteiger charge is -2.24. The predicted molar refractivity (Wildman–Crippen MR) is 98.2 cm³/mol. The molecule has 120 valence electrons. The summed E-state index contributed by atoms with van der Waals surface area (Å²) in [5.74, 6) is 0.465. The molecule has 3 heteroatoms. The zero-order chi connectivity index (χ0) is 16.2. The summed E-state index contributed by atoms with van der Waals surface area (Å²) >= 11 is 1.88. The van der Waals surface area contributed by atoms with Crippen molar-refractivity contribution in [3.63, 3.8) is 0 Å². The maximum atomic E-state index is 12.9. The first-order valence-corrected chi connectivity index (χ1v) is 9.14. The third kappa shape index (κ3) is 3.78. The number of para-hydroxylation sites is 1. The Hall–Kier alpha value is -1.74. The van der Waals surface area contributed by atoms with E-state index in [1.165, 1.54) is 10.5 Å². The monoisotopic (exact) mass is 325 g/mol. The van der Waals surface area contributed by atoms with Crippen LogP contribution in [0.25, 0.3) is 0 Å². The molecule has 0 saturated heterocycles. The van der Waals surface area contributed by atoms with E-state index < -0.39 is 0 Å². The summed E-state index contributed by atoms with van der Waals surface area (Å²) in [6.45, 7) is 5.18. The van der Waals surface area contributed by atoms with E-state index in [0.29, 0.717) is 11.7 Å². The topological polar surface area (TPSA) is 20.3 Å². The number of carbonyl (C=O) groups is 1. The molecule has 0 N–H and O–H groups in total. The van der Waals surface area contributed by atoms with Crippen LogP contribution in [0, 0.1) is 0 Å². The molecule has 2 nitrogen and oxygen atoms in total. The Morgan fingerprint density at radius 3 is 2.65 bits per heavy atom. The zero-order valence-corrected chi connectivity index (χ0v) is 14.6. The molecule has 3 rings (SSSR count). The molecule has 0 fully saturated rings. The minimum absolute atomic E-state index is 0.225. The molecule has 2 aromatic carbocycles. The largest absolute Gasteiger partial charge is 0.311 e. The number of anilines is 1. The van der Waals surface area contributed by atoms with Gasteiger partial charge in [-0.25, -0.2) is 0 Å². The molecule has 1 amide bonds. The molecule has 0 radical (unpaired) electrons. The van der Waals surface area contributed by atoms with E-state index in [1.807, 2.05) is 40.9 Å². The van der Waals surface area contributed by atoms with E-state index in [-0.39, 0.29) is 11.8 Å². The molecule has 0 aromatic heterocycles. The fourth-order valence-electron chi connectivity index (χ4n) is 3.02. The highest BCUT2D eigenvalue weighted by atomic mass is 32.2. The van der Waals surface area contributed by atoms with Gasteiger partial charge in [0.2, 0.25) is 5.91 Å². The summed E-state index contributed by atoms with van der Waals surface area (Å²) in [6, 6.07) is 18.6. The quantitative estimate of drug-likeness (QED) is 0.782. The second-order valence-corrected chi connectivity index (χ2v) is 7.73. The van der Waals surface area contributed by atoms with Gasteiger partial charge in [0.1, 0.15) is 0 Å². The van der Waals surface area contributed by atoms with Crippen LogP contribution < -0.4 is 4.90 Å². The lowest BCUT2D eigenvalue weighted by atomic mass is 9.97. The smallest absolute Gasteiger partial charge is 0.227 e. The van der Waals surface area contributed by atoms with Gasteiger partial charge in [0.05, 0.1) is 5.69 Å². The summed E-state index contributed by atoms with van der Waals surface area (Å²) in [4.78, 5) is 16.1. The summed E-state index contributed by atoms with van der Waals surface area (Å²) < 4.78 is 0. The second-order valence-electron chi connectivity index (χ2n) is 6.25. The minimum Gasteiger partial charge on any atom is -0.311 e. The van der Waals surface area contributed by atoms with E-state index in [4.69, 9.17) is 0 Å². The van der Waals surface area contributed by atoms with E-state index in [2.05, 4.69) is 44.2 Å². The molecule has 0 spiro atoms. The highest BCUT2D eigenvalue weighted by Crippen LogP contribution is 2.38. The number of amides is 1. The number of hydrogen-bond acceptors (Lipinski definition) is 2. The number of rotatable bonds is 3. The van der Waals surface area contributed by atoms with Crippen molar-refractivity contribution < 1.29 is 4.79 Å². The van der Waals surface area contributed by atoms with Gasteiger partial charge in [-0.3, -0.25) is 4.79 Å². The number of benzene rings is 2. The Kier molecular flexibility index (Phi) is 5.06. The van der Waals surface area contributed by atoms with Crippen LogP contribution in [-0.4, -0.2) is 17.7 Å². The van der Waals surface area contributed by atoms with Crippen LogP contribution >= 0.6 is 11.8 Å². The van der Waals surface area contributed by atoms with Crippen molar-refractivity contribution in [2.75, 3.05) is 11.4 Å². The molecule has 1 aliphatic rings. The molecule has 0 saturated carbocycles. The van der Waals surface area contributed by atoms with Crippen LogP contribution in [0.2, 0.25) is 0 Å². The standard InChI is InChI=1S/C20H23NOS/c1-15(17-8-4-3-5-9-17)14-20(22)21-13-12-16(2)23-19-11-7-6-10-18(19)21/h3-11,15-16H,12-14H2,1-2H3. The fraction of sp³-hybridized carbons (Fsp3) is 0.350. The van der Waals surface area contributed by atoms with Gasteiger partial charge in [0.25, 0.3) is 0 Å². The second kappa shape index (κ2) is 7.22. The molecule has 1 heterocycles. The van der Waals surface area contributed by atoms with E-state index >= 15 is 0 Å². The van der Waals surface area contributed by atoms with Gasteiger partial charge in [-0.05, 0) is 30.0 Å². The SMILES string of the molecule is CC1CCN(C(=O)CC(C)c2ccccc2)c2ccccc2S1. The van der Waals surface area contributed by atoms with Crippen molar-refractivity contribution in [3.8, 4) is 0 Å². The molecule has 2 unspecified atom stereocenters. The first-order valence-electron chi connectivity index (χ1n) is 8.26. The molecular weight excluding hydrogens is 302 g/mol. The summed E-state index contributed by atoms with van der Waals surface area (Å²) in [5.41, 5.74) is 2.30. The van der Waals surface area contributed by atoms with Crippen molar-refractivity contribution in [2.24, 2.45) is 0 Å². The fourth-order valence-corrected chi connectivity index (χ4v) is 4.13. The maximum absolute atomic E-state index is 12.9. The lowest BCUT2D eigenvalue weighted by molar-refractivity contribution is -0.118. The van der Waals surface area contributed by atoms with Gasteiger partial charge >= 0.3 is 0 Å². The van der Waals surface area contributed by atoms with E-state index in [1.54, 1.807) is 0 Å². The number of hydrogen-bond donors (Lipinski definition) is 0. The average Bonchev–Trinajstić information content (AvgIpc) is 2.73. The van der Waals surface area contributed by atoms with Crippen molar-refractivity contribution in [3.05, 3.63) is 60.2 Å². The highest BCUT2D eigenvalue weighted by molar-refractivity contribution is 8.00. The van der Waals surface area contributed by atoms with Gasteiger partial charge in [-0.2, -0.15) is 0 Å². The summed E-state index contributed by atoms with van der Waals surface area (Å²) in [7, 11) is 0. The first kappa shape index (κ1) is 16.1. The summed E-state index contributed by atoms with van der Waals surface area (Å²) in [6.07, 6.45) is 1.59. The Labute approximate surface area is 142 Å². The molecule has 23 heavy (non-hydrogen) atoms. The molecule has 2 aromatic rings. The Balaban J connectivity index is 1.79. The molecular formula is C20H23NOS. The molecule has 0 bridgehead atoms. The highest BCUT2D eigenvalue weighted by Gasteiger charge is 2.25. The number of fused-ring (bicyclic) bond motifs is 1. The van der Waals surface area contributed by atoms with Gasteiger partial charge in [0.15, 0.2) is 0 Å². The van der Waals surface area contributed by atoms with E-state index in [0.717, 1.165) is 18.7 Å². The third-order valence-electron chi connectivity index (χ3n) is 4.39. The summed E-state index contributed by atoms with van der Waals surface area (Å²) in [5, 5.41) is 0.542. The normalized spacial score (nSPS) is 18.9. The number of nitrogens with zero attached hydrogens (tertiary/aromatic N) is 1. The maximum Gasteiger partial charge on any atom is 0.227 e. The van der Waals surface area contributed by atoms with Gasteiger partial charge in [-0.15, -0.1) is 11.8 Å².